The van der Waals surface area contributed by atoms with Crippen LogP contribution in [0, 0.1) is 0 Å². The van der Waals surface area contributed by atoms with E-state index in [2.05, 4.69) is 34.9 Å². The second-order valence-electron chi connectivity index (χ2n) is 4.95. The molecule has 1 aromatic rings. The van der Waals surface area contributed by atoms with Crippen LogP contribution in [0.4, 0.5) is 0 Å². The van der Waals surface area contributed by atoms with E-state index >= 15 is 0 Å². The molecule has 0 radical (unpaired) electrons. The van der Waals surface area contributed by atoms with Gasteiger partial charge in [0, 0.05) is 22.7 Å². The van der Waals surface area contributed by atoms with E-state index in [1.165, 1.54) is 10.5 Å². The largest absolute Gasteiger partial charge is 0.353 e. The van der Waals surface area contributed by atoms with Crippen LogP contribution < -0.4 is 10.6 Å². The summed E-state index contributed by atoms with van der Waals surface area (Å²) < 4.78 is 0. The Bertz CT molecular complexity index is 434. The van der Waals surface area contributed by atoms with Crippen molar-refractivity contribution in [3.05, 3.63) is 29.8 Å². The van der Waals surface area contributed by atoms with Gasteiger partial charge in [0.15, 0.2) is 0 Å². The van der Waals surface area contributed by atoms with E-state index in [9.17, 15) is 4.79 Å². The summed E-state index contributed by atoms with van der Waals surface area (Å²) in [5.74, 6) is 1.07. The number of nitrogens with one attached hydrogen (secondary N) is 2. The fraction of sp³-hybridized carbons (Fsp3) is 0.500. The minimum Gasteiger partial charge on any atom is -0.353 e. The molecule has 2 unspecified atom stereocenters. The molecule has 1 aliphatic rings. The van der Waals surface area contributed by atoms with Gasteiger partial charge in [-0.1, -0.05) is 18.2 Å². The van der Waals surface area contributed by atoms with Crippen LogP contribution in [0.25, 0.3) is 0 Å². The molecule has 0 fully saturated rings. The highest BCUT2D eigenvalue weighted by atomic mass is 32.2. The Morgan fingerprint density at radius 2 is 2.06 bits per heavy atom. The smallest absolute Gasteiger partial charge is 0.237 e. The van der Waals surface area contributed by atoms with Crippen LogP contribution in [0.1, 0.15) is 32.4 Å². The summed E-state index contributed by atoms with van der Waals surface area (Å²) in [5, 5.41) is 6.34. The van der Waals surface area contributed by atoms with Crippen LogP contribution in [0.15, 0.2) is 29.2 Å². The lowest BCUT2D eigenvalue weighted by Gasteiger charge is -2.20. The maximum atomic E-state index is 11.9. The van der Waals surface area contributed by atoms with Gasteiger partial charge in [0.1, 0.15) is 0 Å². The quantitative estimate of drug-likeness (QED) is 0.877. The van der Waals surface area contributed by atoms with E-state index in [-0.39, 0.29) is 24.0 Å². The molecule has 0 spiro atoms. The summed E-state index contributed by atoms with van der Waals surface area (Å²) in [4.78, 5) is 13.2. The Kier molecular flexibility index (Phi) is 4.30. The summed E-state index contributed by atoms with van der Waals surface area (Å²) >= 11 is 1.85. The van der Waals surface area contributed by atoms with Gasteiger partial charge in [0.25, 0.3) is 0 Å². The van der Waals surface area contributed by atoms with E-state index in [1.807, 2.05) is 32.5 Å². The first-order valence-electron chi connectivity index (χ1n) is 6.36. The van der Waals surface area contributed by atoms with Gasteiger partial charge in [0.05, 0.1) is 6.04 Å². The molecule has 1 amide bonds. The summed E-state index contributed by atoms with van der Waals surface area (Å²) in [6, 6.07) is 8.69. The third kappa shape index (κ3) is 3.06. The summed E-state index contributed by atoms with van der Waals surface area (Å²) in [6.45, 7) is 5.87. The van der Waals surface area contributed by atoms with Crippen LogP contribution in [0.3, 0.4) is 0 Å². The standard InChI is InChI=1S/C14H20N2OS/c1-9(2)15-14(17)10(3)16-12-8-18-13-7-5-4-6-11(12)13/h4-7,9-10,12,16H,8H2,1-3H3,(H,15,17). The van der Waals surface area contributed by atoms with Crippen molar-refractivity contribution in [3.8, 4) is 0 Å². The molecule has 18 heavy (non-hydrogen) atoms. The zero-order valence-corrected chi connectivity index (χ0v) is 11.9. The molecule has 0 saturated carbocycles. The van der Waals surface area contributed by atoms with Crippen LogP contribution in [-0.4, -0.2) is 23.7 Å². The van der Waals surface area contributed by atoms with Crippen molar-refractivity contribution in [2.45, 2.75) is 43.8 Å². The van der Waals surface area contributed by atoms with Gasteiger partial charge in [-0.3, -0.25) is 10.1 Å². The lowest BCUT2D eigenvalue weighted by atomic mass is 10.1. The topological polar surface area (TPSA) is 41.1 Å². The highest BCUT2D eigenvalue weighted by Gasteiger charge is 2.25. The first kappa shape index (κ1) is 13.4. The molecule has 0 aromatic heterocycles. The number of benzene rings is 1. The molecule has 98 valence electrons. The Morgan fingerprint density at radius 1 is 1.33 bits per heavy atom. The Hall–Kier alpha value is -1.00. The average Bonchev–Trinajstić information content (AvgIpc) is 2.72. The molecule has 4 heteroatoms. The highest BCUT2D eigenvalue weighted by molar-refractivity contribution is 7.99. The first-order valence-corrected chi connectivity index (χ1v) is 7.34. The van der Waals surface area contributed by atoms with Crippen molar-refractivity contribution < 1.29 is 4.79 Å². The van der Waals surface area contributed by atoms with E-state index in [1.54, 1.807) is 0 Å². The highest BCUT2D eigenvalue weighted by Crippen LogP contribution is 2.37. The van der Waals surface area contributed by atoms with Gasteiger partial charge < -0.3 is 5.32 Å². The molecule has 0 aliphatic carbocycles. The fourth-order valence-electron chi connectivity index (χ4n) is 2.09. The first-order chi connectivity index (χ1) is 8.58. The van der Waals surface area contributed by atoms with Gasteiger partial charge in [-0.15, -0.1) is 11.8 Å². The molecular weight excluding hydrogens is 244 g/mol. The van der Waals surface area contributed by atoms with Gasteiger partial charge in [-0.05, 0) is 32.4 Å². The lowest BCUT2D eigenvalue weighted by molar-refractivity contribution is -0.123. The van der Waals surface area contributed by atoms with E-state index in [0.29, 0.717) is 0 Å². The van der Waals surface area contributed by atoms with E-state index in [0.717, 1.165) is 5.75 Å². The lowest BCUT2D eigenvalue weighted by Crippen LogP contribution is -2.45. The van der Waals surface area contributed by atoms with Crippen molar-refractivity contribution in [1.29, 1.82) is 0 Å². The van der Waals surface area contributed by atoms with Crippen molar-refractivity contribution in [2.24, 2.45) is 0 Å². The average molecular weight is 264 g/mol. The maximum absolute atomic E-state index is 11.9. The molecule has 1 aromatic carbocycles. The Balaban J connectivity index is 1.97. The monoisotopic (exact) mass is 264 g/mol. The molecule has 2 N–H and O–H groups in total. The minimum absolute atomic E-state index is 0.0689. The van der Waals surface area contributed by atoms with Crippen LogP contribution in [0.5, 0.6) is 0 Å². The van der Waals surface area contributed by atoms with Crippen LogP contribution >= 0.6 is 11.8 Å². The zero-order valence-electron chi connectivity index (χ0n) is 11.1. The number of rotatable bonds is 4. The number of hydrogen-bond acceptors (Lipinski definition) is 3. The molecular formula is C14H20N2OS. The van der Waals surface area contributed by atoms with Crippen molar-refractivity contribution in [1.82, 2.24) is 10.6 Å². The number of fused-ring (bicyclic) bond motifs is 1. The second kappa shape index (κ2) is 5.76. The second-order valence-corrected chi connectivity index (χ2v) is 6.01. The Labute approximate surface area is 113 Å². The maximum Gasteiger partial charge on any atom is 0.237 e. The van der Waals surface area contributed by atoms with Gasteiger partial charge in [0.2, 0.25) is 5.91 Å². The zero-order chi connectivity index (χ0) is 13.1. The fourth-order valence-corrected chi connectivity index (χ4v) is 3.26. The third-order valence-corrected chi connectivity index (χ3v) is 4.16. The normalized spacial score (nSPS) is 19.7. The Morgan fingerprint density at radius 3 is 2.78 bits per heavy atom. The molecule has 1 heterocycles. The van der Waals surface area contributed by atoms with Crippen molar-refractivity contribution >= 4 is 17.7 Å². The van der Waals surface area contributed by atoms with Gasteiger partial charge in [-0.25, -0.2) is 0 Å². The number of carbonyl (C=O) groups is 1. The number of hydrogen-bond donors (Lipinski definition) is 2. The predicted octanol–water partition coefficient (Wildman–Crippen LogP) is 2.34. The molecule has 3 nitrogen and oxygen atoms in total. The van der Waals surface area contributed by atoms with Crippen molar-refractivity contribution in [2.75, 3.05) is 5.75 Å². The van der Waals surface area contributed by atoms with Crippen LogP contribution in [0.2, 0.25) is 0 Å². The van der Waals surface area contributed by atoms with Crippen molar-refractivity contribution in [3.63, 3.8) is 0 Å². The number of thioether (sulfide) groups is 1. The minimum atomic E-state index is -0.163. The summed E-state index contributed by atoms with van der Waals surface area (Å²) in [7, 11) is 0. The van der Waals surface area contributed by atoms with E-state index < -0.39 is 0 Å². The summed E-state index contributed by atoms with van der Waals surface area (Å²) in [5.41, 5.74) is 1.31. The molecule has 2 rings (SSSR count). The molecule has 2 atom stereocenters. The summed E-state index contributed by atoms with van der Waals surface area (Å²) in [6.07, 6.45) is 0. The molecule has 0 bridgehead atoms. The SMILES string of the molecule is CC(C)NC(=O)C(C)NC1CSc2ccccc21. The molecule has 1 aliphatic heterocycles. The third-order valence-electron chi connectivity index (χ3n) is 2.98. The number of carbonyl (C=O) groups excluding carboxylic acids is 1. The van der Waals surface area contributed by atoms with Crippen LogP contribution in [-0.2, 0) is 4.79 Å². The predicted molar refractivity (Wildman–Crippen MR) is 75.8 cm³/mol. The van der Waals surface area contributed by atoms with Gasteiger partial charge in [-0.2, -0.15) is 0 Å². The van der Waals surface area contributed by atoms with Gasteiger partial charge >= 0.3 is 0 Å². The number of amides is 1. The van der Waals surface area contributed by atoms with E-state index in [4.69, 9.17) is 0 Å². The molecule has 0 saturated heterocycles.